The van der Waals surface area contributed by atoms with Gasteiger partial charge in [0.25, 0.3) is 0 Å². The Hall–Kier alpha value is -0.300. The van der Waals surface area contributed by atoms with Crippen molar-refractivity contribution in [3.05, 3.63) is 11.6 Å². The summed E-state index contributed by atoms with van der Waals surface area (Å²) in [6, 6.07) is 0. The van der Waals surface area contributed by atoms with Gasteiger partial charge in [-0.3, -0.25) is 0 Å². The van der Waals surface area contributed by atoms with Crippen molar-refractivity contribution in [3.63, 3.8) is 0 Å². The number of allylic oxidation sites excluding steroid dienone is 1. The monoisotopic (exact) mass is 182 g/mol. The van der Waals surface area contributed by atoms with E-state index in [2.05, 4.69) is 26.8 Å². The molecule has 76 valence electrons. The minimum absolute atomic E-state index is 0.356. The summed E-state index contributed by atoms with van der Waals surface area (Å²) in [6.07, 6.45) is 6.44. The Morgan fingerprint density at radius 1 is 1.46 bits per heavy atom. The summed E-state index contributed by atoms with van der Waals surface area (Å²) in [5, 5.41) is 0. The SMILES string of the molecule is COC1C=C(C)CCC(C(C)C)C1. The Balaban J connectivity index is 2.60. The largest absolute Gasteiger partial charge is 0.377 e. The average molecular weight is 182 g/mol. The van der Waals surface area contributed by atoms with Crippen LogP contribution in [0.25, 0.3) is 0 Å². The maximum atomic E-state index is 5.45. The van der Waals surface area contributed by atoms with Crippen molar-refractivity contribution in [3.8, 4) is 0 Å². The van der Waals surface area contributed by atoms with Crippen LogP contribution in [0.2, 0.25) is 0 Å². The van der Waals surface area contributed by atoms with Crippen molar-refractivity contribution in [2.75, 3.05) is 7.11 Å². The van der Waals surface area contributed by atoms with Crippen molar-refractivity contribution >= 4 is 0 Å². The Kier molecular flexibility index (Phi) is 3.98. The summed E-state index contributed by atoms with van der Waals surface area (Å²) < 4.78 is 5.45. The molecule has 0 aromatic carbocycles. The highest BCUT2D eigenvalue weighted by molar-refractivity contribution is 5.05. The molecule has 0 heterocycles. The second-order valence-corrected chi connectivity index (χ2v) is 4.57. The first kappa shape index (κ1) is 10.8. The number of methoxy groups -OCH3 is 1. The van der Waals surface area contributed by atoms with Gasteiger partial charge in [0.1, 0.15) is 0 Å². The zero-order chi connectivity index (χ0) is 9.84. The van der Waals surface area contributed by atoms with E-state index < -0.39 is 0 Å². The van der Waals surface area contributed by atoms with E-state index in [9.17, 15) is 0 Å². The minimum Gasteiger partial charge on any atom is -0.377 e. The molecule has 0 aromatic rings. The highest BCUT2D eigenvalue weighted by Gasteiger charge is 2.20. The third-order valence-electron chi connectivity index (χ3n) is 3.16. The first-order chi connectivity index (χ1) is 6.13. The van der Waals surface area contributed by atoms with Gasteiger partial charge >= 0.3 is 0 Å². The van der Waals surface area contributed by atoms with Crippen LogP contribution < -0.4 is 0 Å². The maximum absolute atomic E-state index is 5.45. The van der Waals surface area contributed by atoms with Gasteiger partial charge in [-0.25, -0.2) is 0 Å². The minimum atomic E-state index is 0.356. The van der Waals surface area contributed by atoms with Crippen LogP contribution in [-0.2, 0) is 4.74 Å². The van der Waals surface area contributed by atoms with Gasteiger partial charge in [0.2, 0.25) is 0 Å². The molecule has 2 unspecified atom stereocenters. The second kappa shape index (κ2) is 4.80. The van der Waals surface area contributed by atoms with Gasteiger partial charge < -0.3 is 4.74 Å². The van der Waals surface area contributed by atoms with Gasteiger partial charge in [-0.2, -0.15) is 0 Å². The summed E-state index contributed by atoms with van der Waals surface area (Å²) in [5.41, 5.74) is 1.50. The lowest BCUT2D eigenvalue weighted by Crippen LogP contribution is -2.16. The summed E-state index contributed by atoms with van der Waals surface area (Å²) >= 11 is 0. The van der Waals surface area contributed by atoms with E-state index in [-0.39, 0.29) is 0 Å². The second-order valence-electron chi connectivity index (χ2n) is 4.57. The molecule has 1 nitrogen and oxygen atoms in total. The van der Waals surface area contributed by atoms with Gasteiger partial charge in [-0.05, 0) is 38.0 Å². The van der Waals surface area contributed by atoms with E-state index in [0.717, 1.165) is 11.8 Å². The third-order valence-corrected chi connectivity index (χ3v) is 3.16. The predicted molar refractivity (Wildman–Crippen MR) is 56.7 cm³/mol. The Morgan fingerprint density at radius 2 is 2.15 bits per heavy atom. The van der Waals surface area contributed by atoms with Crippen molar-refractivity contribution in [1.29, 1.82) is 0 Å². The van der Waals surface area contributed by atoms with Crippen LogP contribution in [-0.4, -0.2) is 13.2 Å². The molecule has 1 aliphatic carbocycles. The van der Waals surface area contributed by atoms with Crippen molar-refractivity contribution in [2.45, 2.75) is 46.1 Å². The molecule has 0 radical (unpaired) electrons. The molecule has 0 bridgehead atoms. The highest BCUT2D eigenvalue weighted by Crippen LogP contribution is 2.29. The summed E-state index contributed by atoms with van der Waals surface area (Å²) in [4.78, 5) is 0. The molecule has 13 heavy (non-hydrogen) atoms. The zero-order valence-electron chi connectivity index (χ0n) is 9.34. The molecule has 2 atom stereocenters. The van der Waals surface area contributed by atoms with Crippen molar-refractivity contribution in [2.24, 2.45) is 11.8 Å². The molecular weight excluding hydrogens is 160 g/mol. The van der Waals surface area contributed by atoms with Gasteiger partial charge in [-0.15, -0.1) is 0 Å². The normalized spacial score (nSPS) is 30.1. The molecule has 0 saturated heterocycles. The third kappa shape index (κ3) is 3.15. The van der Waals surface area contributed by atoms with Crippen LogP contribution in [0.1, 0.15) is 40.0 Å². The predicted octanol–water partition coefficient (Wildman–Crippen LogP) is 3.40. The van der Waals surface area contributed by atoms with E-state index in [1.54, 1.807) is 0 Å². The van der Waals surface area contributed by atoms with E-state index in [1.807, 2.05) is 7.11 Å². The van der Waals surface area contributed by atoms with E-state index in [0.29, 0.717) is 6.10 Å². The number of ether oxygens (including phenoxy) is 1. The van der Waals surface area contributed by atoms with Crippen molar-refractivity contribution in [1.82, 2.24) is 0 Å². The number of rotatable bonds is 2. The highest BCUT2D eigenvalue weighted by atomic mass is 16.5. The topological polar surface area (TPSA) is 9.23 Å². The molecule has 0 aliphatic heterocycles. The standard InChI is InChI=1S/C12H22O/c1-9(2)11-6-5-10(3)7-12(8-11)13-4/h7,9,11-12H,5-6,8H2,1-4H3. The van der Waals surface area contributed by atoms with E-state index in [1.165, 1.54) is 24.8 Å². The zero-order valence-corrected chi connectivity index (χ0v) is 9.34. The van der Waals surface area contributed by atoms with Crippen LogP contribution in [0.4, 0.5) is 0 Å². The molecule has 0 spiro atoms. The van der Waals surface area contributed by atoms with Crippen LogP contribution in [0.5, 0.6) is 0 Å². The molecule has 0 aromatic heterocycles. The fourth-order valence-electron chi connectivity index (χ4n) is 2.07. The molecule has 0 saturated carbocycles. The van der Waals surface area contributed by atoms with Crippen LogP contribution >= 0.6 is 0 Å². The smallest absolute Gasteiger partial charge is 0.0757 e. The summed E-state index contributed by atoms with van der Waals surface area (Å²) in [7, 11) is 1.82. The van der Waals surface area contributed by atoms with Gasteiger partial charge in [0.05, 0.1) is 6.10 Å². The quantitative estimate of drug-likeness (QED) is 0.595. The van der Waals surface area contributed by atoms with Gasteiger partial charge in [-0.1, -0.05) is 25.5 Å². The lowest BCUT2D eigenvalue weighted by Gasteiger charge is -2.21. The van der Waals surface area contributed by atoms with E-state index in [4.69, 9.17) is 4.74 Å². The molecule has 0 N–H and O–H groups in total. The molecular formula is C12H22O. The lowest BCUT2D eigenvalue weighted by atomic mass is 9.88. The Bertz CT molecular complexity index is 182. The summed E-state index contributed by atoms with van der Waals surface area (Å²) in [5.74, 6) is 1.62. The first-order valence-electron chi connectivity index (χ1n) is 5.33. The first-order valence-corrected chi connectivity index (χ1v) is 5.33. The summed E-state index contributed by atoms with van der Waals surface area (Å²) in [6.45, 7) is 6.85. The molecule has 1 aliphatic rings. The molecule has 0 fully saturated rings. The Morgan fingerprint density at radius 3 is 2.69 bits per heavy atom. The van der Waals surface area contributed by atoms with Crippen LogP contribution in [0.15, 0.2) is 11.6 Å². The van der Waals surface area contributed by atoms with Crippen LogP contribution in [0.3, 0.4) is 0 Å². The average Bonchev–Trinajstić information content (AvgIpc) is 2.26. The van der Waals surface area contributed by atoms with Crippen molar-refractivity contribution < 1.29 is 4.74 Å². The maximum Gasteiger partial charge on any atom is 0.0757 e. The molecule has 1 rings (SSSR count). The molecule has 1 heteroatoms. The van der Waals surface area contributed by atoms with Gasteiger partial charge in [0, 0.05) is 7.11 Å². The Labute approximate surface area is 82.2 Å². The van der Waals surface area contributed by atoms with Gasteiger partial charge in [0.15, 0.2) is 0 Å². The number of hydrogen-bond acceptors (Lipinski definition) is 1. The van der Waals surface area contributed by atoms with E-state index >= 15 is 0 Å². The van der Waals surface area contributed by atoms with Crippen LogP contribution in [0, 0.1) is 11.8 Å². The lowest BCUT2D eigenvalue weighted by molar-refractivity contribution is 0.109. The fourth-order valence-corrected chi connectivity index (χ4v) is 2.07. The fraction of sp³-hybridized carbons (Fsp3) is 0.833. The molecule has 0 amide bonds. The number of hydrogen-bond donors (Lipinski definition) is 0.